The number of nitrogens with zero attached hydrogens (tertiary/aromatic N) is 4. The van der Waals surface area contributed by atoms with Crippen molar-refractivity contribution in [3.63, 3.8) is 0 Å². The number of amides is 1. The van der Waals surface area contributed by atoms with E-state index in [1.165, 1.54) is 0 Å². The van der Waals surface area contributed by atoms with Crippen LogP contribution in [0.15, 0.2) is 53.1 Å². The zero-order chi connectivity index (χ0) is 20.9. The van der Waals surface area contributed by atoms with Gasteiger partial charge in [0.1, 0.15) is 5.75 Å². The predicted molar refractivity (Wildman–Crippen MR) is 109 cm³/mol. The maximum absolute atomic E-state index is 12.7. The maximum Gasteiger partial charge on any atom is 0.253 e. The van der Waals surface area contributed by atoms with Gasteiger partial charge in [0.05, 0.1) is 24.2 Å². The molecule has 0 bridgehead atoms. The van der Waals surface area contributed by atoms with E-state index >= 15 is 0 Å². The summed E-state index contributed by atoms with van der Waals surface area (Å²) in [5.74, 6) is 1.92. The van der Waals surface area contributed by atoms with Gasteiger partial charge in [-0.05, 0) is 49.2 Å². The SMILES string of the molecule is Cc1cccc(OCCc2noc(C3CCN(C(=O)c4cccc(C#N)c4)C3)n2)c1. The third-order valence-electron chi connectivity index (χ3n) is 5.13. The summed E-state index contributed by atoms with van der Waals surface area (Å²) in [7, 11) is 0. The van der Waals surface area contributed by atoms with Gasteiger partial charge < -0.3 is 14.2 Å². The molecule has 0 aliphatic carbocycles. The van der Waals surface area contributed by atoms with E-state index in [0.29, 0.717) is 49.0 Å². The molecule has 0 N–H and O–H groups in total. The Balaban J connectivity index is 1.32. The van der Waals surface area contributed by atoms with E-state index in [4.69, 9.17) is 14.5 Å². The van der Waals surface area contributed by atoms with Gasteiger partial charge in [-0.25, -0.2) is 0 Å². The van der Waals surface area contributed by atoms with Crippen LogP contribution in [-0.4, -0.2) is 40.6 Å². The summed E-state index contributed by atoms with van der Waals surface area (Å²) in [5, 5.41) is 13.1. The molecule has 7 nitrogen and oxygen atoms in total. The molecule has 152 valence electrons. The molecule has 2 aromatic carbocycles. The molecule has 1 unspecified atom stereocenters. The molecule has 30 heavy (non-hydrogen) atoms. The lowest BCUT2D eigenvalue weighted by atomic mass is 10.1. The second-order valence-electron chi connectivity index (χ2n) is 7.39. The summed E-state index contributed by atoms with van der Waals surface area (Å²) in [6.07, 6.45) is 1.32. The van der Waals surface area contributed by atoms with Crippen LogP contribution in [-0.2, 0) is 6.42 Å². The van der Waals surface area contributed by atoms with Gasteiger partial charge in [0.25, 0.3) is 5.91 Å². The Morgan fingerprint density at radius 1 is 1.30 bits per heavy atom. The summed E-state index contributed by atoms with van der Waals surface area (Å²) in [6, 6.07) is 16.7. The van der Waals surface area contributed by atoms with E-state index in [2.05, 4.69) is 16.2 Å². The van der Waals surface area contributed by atoms with Crippen molar-refractivity contribution in [3.8, 4) is 11.8 Å². The Bertz CT molecular complexity index is 1090. The third kappa shape index (κ3) is 4.49. The lowest BCUT2D eigenvalue weighted by Crippen LogP contribution is -2.28. The number of carbonyl (C=O) groups is 1. The number of hydrogen-bond donors (Lipinski definition) is 0. The fourth-order valence-corrected chi connectivity index (χ4v) is 3.55. The summed E-state index contributed by atoms with van der Waals surface area (Å²) >= 11 is 0. The molecule has 0 radical (unpaired) electrons. The van der Waals surface area contributed by atoms with E-state index in [1.807, 2.05) is 31.2 Å². The molecule has 1 aliphatic heterocycles. The molecular weight excluding hydrogens is 380 g/mol. The van der Waals surface area contributed by atoms with Gasteiger partial charge in [0, 0.05) is 25.1 Å². The molecule has 0 saturated carbocycles. The average molecular weight is 402 g/mol. The third-order valence-corrected chi connectivity index (χ3v) is 5.13. The molecule has 7 heteroatoms. The Morgan fingerprint density at radius 2 is 2.17 bits per heavy atom. The minimum absolute atomic E-state index is 0.0204. The van der Waals surface area contributed by atoms with Gasteiger partial charge in [-0.1, -0.05) is 23.4 Å². The molecule has 4 rings (SSSR count). The first-order valence-corrected chi connectivity index (χ1v) is 9.94. The molecule has 1 aliphatic rings. The Labute approximate surface area is 174 Å². The van der Waals surface area contributed by atoms with Crippen LogP contribution in [0.3, 0.4) is 0 Å². The van der Waals surface area contributed by atoms with Crippen molar-refractivity contribution in [2.75, 3.05) is 19.7 Å². The summed E-state index contributed by atoms with van der Waals surface area (Å²) in [4.78, 5) is 19.0. The highest BCUT2D eigenvalue weighted by Gasteiger charge is 2.31. The molecule has 1 atom stereocenters. The lowest BCUT2D eigenvalue weighted by Gasteiger charge is -2.15. The van der Waals surface area contributed by atoms with Crippen LogP contribution in [0, 0.1) is 18.3 Å². The molecule has 1 saturated heterocycles. The van der Waals surface area contributed by atoms with Gasteiger partial charge in [-0.2, -0.15) is 10.2 Å². The number of rotatable bonds is 6. The van der Waals surface area contributed by atoms with E-state index in [-0.39, 0.29) is 11.8 Å². The fourth-order valence-electron chi connectivity index (χ4n) is 3.55. The maximum atomic E-state index is 12.7. The van der Waals surface area contributed by atoms with Crippen molar-refractivity contribution < 1.29 is 14.1 Å². The molecule has 0 spiro atoms. The molecule has 3 aromatic rings. The van der Waals surface area contributed by atoms with E-state index in [1.54, 1.807) is 29.2 Å². The lowest BCUT2D eigenvalue weighted by molar-refractivity contribution is 0.0789. The van der Waals surface area contributed by atoms with E-state index in [9.17, 15) is 4.79 Å². The highest BCUT2D eigenvalue weighted by Crippen LogP contribution is 2.27. The zero-order valence-corrected chi connectivity index (χ0v) is 16.7. The number of benzene rings is 2. The molecule has 2 heterocycles. The highest BCUT2D eigenvalue weighted by molar-refractivity contribution is 5.94. The molecule has 1 aromatic heterocycles. The van der Waals surface area contributed by atoms with Crippen LogP contribution in [0.1, 0.15) is 45.5 Å². The second-order valence-corrected chi connectivity index (χ2v) is 7.39. The first-order valence-electron chi connectivity index (χ1n) is 9.94. The minimum Gasteiger partial charge on any atom is -0.493 e. The van der Waals surface area contributed by atoms with E-state index < -0.39 is 0 Å². The number of aromatic nitrogens is 2. The van der Waals surface area contributed by atoms with Crippen LogP contribution in [0.2, 0.25) is 0 Å². The van der Waals surface area contributed by atoms with Crippen LogP contribution < -0.4 is 4.74 Å². The summed E-state index contributed by atoms with van der Waals surface area (Å²) in [5.41, 5.74) is 2.15. The van der Waals surface area contributed by atoms with E-state index in [0.717, 1.165) is 17.7 Å². The number of carbonyl (C=O) groups excluding carboxylic acids is 1. The van der Waals surface area contributed by atoms with Crippen LogP contribution in [0.25, 0.3) is 0 Å². The van der Waals surface area contributed by atoms with Crippen molar-refractivity contribution in [3.05, 3.63) is 76.9 Å². The monoisotopic (exact) mass is 402 g/mol. The molecule has 1 amide bonds. The highest BCUT2D eigenvalue weighted by atomic mass is 16.5. The van der Waals surface area contributed by atoms with Crippen molar-refractivity contribution in [2.24, 2.45) is 0 Å². The van der Waals surface area contributed by atoms with Crippen molar-refractivity contribution in [1.82, 2.24) is 15.0 Å². The van der Waals surface area contributed by atoms with Gasteiger partial charge in [0.15, 0.2) is 5.82 Å². The quantitative estimate of drug-likeness (QED) is 0.627. The van der Waals surface area contributed by atoms with Gasteiger partial charge >= 0.3 is 0 Å². The average Bonchev–Trinajstić information content (AvgIpc) is 3.43. The standard InChI is InChI=1S/C23H22N4O3/c1-16-4-2-7-20(12-16)29-11-9-21-25-22(30-26-21)19-8-10-27(15-19)23(28)18-6-3-5-17(13-18)14-24/h2-7,12-13,19H,8-11,15H2,1H3. The summed E-state index contributed by atoms with van der Waals surface area (Å²) in [6.45, 7) is 3.63. The Kier molecular flexibility index (Phi) is 5.75. The second kappa shape index (κ2) is 8.78. The van der Waals surface area contributed by atoms with Gasteiger partial charge in [-0.15, -0.1) is 0 Å². The van der Waals surface area contributed by atoms with Gasteiger partial charge in [-0.3, -0.25) is 4.79 Å². The van der Waals surface area contributed by atoms with Crippen LogP contribution in [0.5, 0.6) is 5.75 Å². The number of likely N-dealkylation sites (tertiary alicyclic amines) is 1. The smallest absolute Gasteiger partial charge is 0.253 e. The fraction of sp³-hybridized carbons (Fsp3) is 0.304. The largest absolute Gasteiger partial charge is 0.493 e. The van der Waals surface area contributed by atoms with Gasteiger partial charge in [0.2, 0.25) is 5.89 Å². The van der Waals surface area contributed by atoms with Crippen LogP contribution >= 0.6 is 0 Å². The predicted octanol–water partition coefficient (Wildman–Crippen LogP) is 3.50. The molecule has 1 fully saturated rings. The number of ether oxygens (including phenoxy) is 1. The summed E-state index contributed by atoms with van der Waals surface area (Å²) < 4.78 is 11.2. The van der Waals surface area contributed by atoms with Crippen molar-refractivity contribution in [1.29, 1.82) is 5.26 Å². The Morgan fingerprint density at radius 3 is 3.00 bits per heavy atom. The minimum atomic E-state index is -0.0825. The first-order chi connectivity index (χ1) is 14.6. The topological polar surface area (TPSA) is 92.3 Å². The first kappa shape index (κ1) is 19.6. The zero-order valence-electron chi connectivity index (χ0n) is 16.7. The number of aryl methyl sites for hydroxylation is 1. The van der Waals surface area contributed by atoms with Crippen molar-refractivity contribution >= 4 is 5.91 Å². The normalized spacial score (nSPS) is 15.7. The van der Waals surface area contributed by atoms with Crippen molar-refractivity contribution in [2.45, 2.75) is 25.7 Å². The number of hydrogen-bond acceptors (Lipinski definition) is 6. The Hall–Kier alpha value is -3.66. The number of nitriles is 1. The molecular formula is C23H22N4O3. The van der Waals surface area contributed by atoms with Crippen LogP contribution in [0.4, 0.5) is 0 Å².